The van der Waals surface area contributed by atoms with Crippen molar-refractivity contribution in [1.82, 2.24) is 15.1 Å². The number of nitrogens with one attached hydrogen (secondary N) is 2. The van der Waals surface area contributed by atoms with Crippen molar-refractivity contribution in [1.29, 1.82) is 0 Å². The van der Waals surface area contributed by atoms with E-state index in [1.54, 1.807) is 0 Å². The molecular weight excluding hydrogens is 352 g/mol. The molecule has 4 nitrogen and oxygen atoms in total. The van der Waals surface area contributed by atoms with E-state index in [0.717, 1.165) is 25.2 Å². The number of rotatable bonds is 5. The maximum atomic E-state index is 4.61. The average molecular weight is 377 g/mol. The Hall–Kier alpha value is -2.24. The third kappa shape index (κ3) is 3.37. The number of aromatic amines is 1. The van der Waals surface area contributed by atoms with Gasteiger partial charge in [-0.25, -0.2) is 0 Å². The molecule has 0 spiro atoms. The first-order valence-electron chi connectivity index (χ1n) is 9.68. The number of aromatic nitrogens is 2. The van der Waals surface area contributed by atoms with Gasteiger partial charge in [-0.15, -0.1) is 0 Å². The summed E-state index contributed by atoms with van der Waals surface area (Å²) in [5.74, 6) is 2.54. The summed E-state index contributed by atoms with van der Waals surface area (Å²) in [4.78, 5) is 2.54. The van der Waals surface area contributed by atoms with Gasteiger partial charge in [0.05, 0.1) is 11.4 Å². The number of H-pyrrole nitrogens is 1. The highest BCUT2D eigenvalue weighted by Gasteiger charge is 2.24. The van der Waals surface area contributed by atoms with Crippen molar-refractivity contribution in [3.63, 3.8) is 0 Å². The largest absolute Gasteiger partial charge is 0.384 e. The molecule has 138 valence electrons. The zero-order valence-corrected chi connectivity index (χ0v) is 16.2. The number of nitrogens with zero attached hydrogens (tertiary/aromatic N) is 2. The minimum Gasteiger partial charge on any atom is -0.384 e. The number of thioether (sulfide) groups is 1. The number of hydrogen-bond acceptors (Lipinski definition) is 4. The van der Waals surface area contributed by atoms with Crippen molar-refractivity contribution in [2.45, 2.75) is 6.42 Å². The predicted octanol–water partition coefficient (Wildman–Crippen LogP) is 4.11. The third-order valence-corrected chi connectivity index (χ3v) is 6.48. The Morgan fingerprint density at radius 2 is 1.85 bits per heavy atom. The lowest BCUT2D eigenvalue weighted by molar-refractivity contribution is 0.314. The van der Waals surface area contributed by atoms with Crippen LogP contribution in [0.1, 0.15) is 11.1 Å². The van der Waals surface area contributed by atoms with Gasteiger partial charge in [-0.2, -0.15) is 16.9 Å². The van der Waals surface area contributed by atoms with Crippen LogP contribution in [0, 0.1) is 0 Å². The standard InChI is InChI=1S/C22H24N4S/c1-2-4-19-17(3-1)15-20-21(24-25-22(19)20)16-5-7-18(8-6-16)23-9-10-26-11-13-27-14-12-26/h1-8,23H,9-15H2,(H,24,25). The topological polar surface area (TPSA) is 44.0 Å². The van der Waals surface area contributed by atoms with E-state index in [2.05, 4.69) is 80.7 Å². The van der Waals surface area contributed by atoms with E-state index in [0.29, 0.717) is 0 Å². The number of benzene rings is 2. The molecule has 5 heteroatoms. The summed E-state index contributed by atoms with van der Waals surface area (Å²) >= 11 is 2.06. The Bertz CT molecular complexity index is 926. The highest BCUT2D eigenvalue weighted by Crippen LogP contribution is 2.39. The van der Waals surface area contributed by atoms with Gasteiger partial charge in [-0.05, 0) is 17.7 Å². The molecule has 0 bridgehead atoms. The fourth-order valence-electron chi connectivity index (χ4n) is 4.04. The van der Waals surface area contributed by atoms with E-state index in [4.69, 9.17) is 0 Å². The first-order valence-corrected chi connectivity index (χ1v) is 10.8. The molecule has 0 amide bonds. The van der Waals surface area contributed by atoms with E-state index in [1.165, 1.54) is 58.2 Å². The molecule has 1 fully saturated rings. The fraction of sp³-hybridized carbons (Fsp3) is 0.318. The molecule has 0 radical (unpaired) electrons. The summed E-state index contributed by atoms with van der Waals surface area (Å²) in [6.45, 7) is 4.56. The molecular formula is C22H24N4S. The molecule has 27 heavy (non-hydrogen) atoms. The van der Waals surface area contributed by atoms with Gasteiger partial charge in [0.2, 0.25) is 0 Å². The van der Waals surface area contributed by atoms with E-state index < -0.39 is 0 Å². The van der Waals surface area contributed by atoms with Crippen molar-refractivity contribution in [2.75, 3.05) is 43.0 Å². The Labute approximate surface area is 164 Å². The third-order valence-electron chi connectivity index (χ3n) is 5.54. The van der Waals surface area contributed by atoms with Gasteiger partial charge in [0, 0.05) is 66.5 Å². The molecule has 0 saturated carbocycles. The Kier molecular flexibility index (Phi) is 4.64. The first kappa shape index (κ1) is 16.9. The van der Waals surface area contributed by atoms with Crippen LogP contribution in [0.5, 0.6) is 0 Å². The monoisotopic (exact) mass is 376 g/mol. The molecule has 2 aliphatic rings. The van der Waals surface area contributed by atoms with Crippen molar-refractivity contribution in [3.8, 4) is 22.5 Å². The van der Waals surface area contributed by atoms with Crippen LogP contribution in [0.25, 0.3) is 22.5 Å². The average Bonchev–Trinajstić information content (AvgIpc) is 3.29. The van der Waals surface area contributed by atoms with Crippen molar-refractivity contribution < 1.29 is 0 Å². The molecule has 3 aromatic rings. The van der Waals surface area contributed by atoms with Crippen LogP contribution in [-0.4, -0.2) is 52.8 Å². The number of hydrogen-bond donors (Lipinski definition) is 2. The molecule has 2 aromatic carbocycles. The smallest absolute Gasteiger partial charge is 0.0962 e. The number of fused-ring (bicyclic) bond motifs is 3. The molecule has 1 aliphatic heterocycles. The van der Waals surface area contributed by atoms with Gasteiger partial charge in [-0.1, -0.05) is 36.4 Å². The Balaban J connectivity index is 1.26. The van der Waals surface area contributed by atoms with Gasteiger partial charge in [-0.3, -0.25) is 10.00 Å². The maximum Gasteiger partial charge on any atom is 0.0962 e. The normalized spacial score (nSPS) is 16.1. The van der Waals surface area contributed by atoms with Gasteiger partial charge < -0.3 is 5.32 Å². The van der Waals surface area contributed by atoms with Gasteiger partial charge in [0.1, 0.15) is 0 Å². The Morgan fingerprint density at radius 3 is 2.70 bits per heavy atom. The van der Waals surface area contributed by atoms with E-state index >= 15 is 0 Å². The molecule has 1 aromatic heterocycles. The molecule has 0 atom stereocenters. The molecule has 0 unspecified atom stereocenters. The van der Waals surface area contributed by atoms with Crippen LogP contribution < -0.4 is 5.32 Å². The van der Waals surface area contributed by atoms with E-state index in [-0.39, 0.29) is 0 Å². The SMILES string of the molecule is c1ccc2c(c1)Cc1c(-c3ccc(NCCN4CCSCC4)cc3)n[nH]c1-2. The molecule has 1 saturated heterocycles. The summed E-state index contributed by atoms with van der Waals surface area (Å²) in [6.07, 6.45) is 0.964. The number of anilines is 1. The minimum atomic E-state index is 0.964. The zero-order chi connectivity index (χ0) is 18.1. The maximum absolute atomic E-state index is 4.61. The van der Waals surface area contributed by atoms with Gasteiger partial charge >= 0.3 is 0 Å². The first-order chi connectivity index (χ1) is 13.4. The van der Waals surface area contributed by atoms with Gasteiger partial charge in [0.25, 0.3) is 0 Å². The second-order valence-corrected chi connectivity index (χ2v) is 8.44. The van der Waals surface area contributed by atoms with E-state index in [9.17, 15) is 0 Å². The highest BCUT2D eigenvalue weighted by atomic mass is 32.2. The van der Waals surface area contributed by atoms with Gasteiger partial charge in [0.15, 0.2) is 0 Å². The van der Waals surface area contributed by atoms with Crippen molar-refractivity contribution in [2.24, 2.45) is 0 Å². The van der Waals surface area contributed by atoms with Crippen LogP contribution >= 0.6 is 11.8 Å². The molecule has 2 heterocycles. The van der Waals surface area contributed by atoms with E-state index in [1.807, 2.05) is 0 Å². The summed E-state index contributed by atoms with van der Waals surface area (Å²) in [5.41, 5.74) is 8.62. The second kappa shape index (κ2) is 7.41. The highest BCUT2D eigenvalue weighted by molar-refractivity contribution is 7.99. The van der Waals surface area contributed by atoms with Crippen LogP contribution in [0.4, 0.5) is 5.69 Å². The fourth-order valence-corrected chi connectivity index (χ4v) is 5.02. The quantitative estimate of drug-likeness (QED) is 0.550. The van der Waals surface area contributed by atoms with Crippen LogP contribution in [0.2, 0.25) is 0 Å². The zero-order valence-electron chi connectivity index (χ0n) is 15.4. The molecule has 5 rings (SSSR count). The summed E-state index contributed by atoms with van der Waals surface area (Å²) < 4.78 is 0. The van der Waals surface area contributed by atoms with Crippen molar-refractivity contribution in [3.05, 3.63) is 59.7 Å². The summed E-state index contributed by atoms with van der Waals surface area (Å²) in [5, 5.41) is 11.4. The second-order valence-electron chi connectivity index (χ2n) is 7.22. The van der Waals surface area contributed by atoms with Crippen LogP contribution in [-0.2, 0) is 6.42 Å². The Morgan fingerprint density at radius 1 is 1.04 bits per heavy atom. The lowest BCUT2D eigenvalue weighted by Gasteiger charge is -2.26. The lowest BCUT2D eigenvalue weighted by atomic mass is 10.1. The summed E-state index contributed by atoms with van der Waals surface area (Å²) in [7, 11) is 0. The molecule has 2 N–H and O–H groups in total. The predicted molar refractivity (Wildman–Crippen MR) is 115 cm³/mol. The van der Waals surface area contributed by atoms with Crippen LogP contribution in [0.15, 0.2) is 48.5 Å². The summed E-state index contributed by atoms with van der Waals surface area (Å²) in [6, 6.07) is 17.3. The molecule has 1 aliphatic carbocycles. The van der Waals surface area contributed by atoms with Crippen molar-refractivity contribution >= 4 is 17.4 Å². The minimum absolute atomic E-state index is 0.964. The van der Waals surface area contributed by atoms with Crippen LogP contribution in [0.3, 0.4) is 0 Å². The lowest BCUT2D eigenvalue weighted by Crippen LogP contribution is -2.36.